The van der Waals surface area contributed by atoms with Crippen LogP contribution >= 0.6 is 11.8 Å². The lowest BCUT2D eigenvalue weighted by molar-refractivity contribution is -0.136. The molecule has 5 heteroatoms. The monoisotopic (exact) mass is 304 g/mol. The van der Waals surface area contributed by atoms with Gasteiger partial charge in [-0.1, -0.05) is 37.3 Å². The smallest absolute Gasteiger partial charge is 0.248 e. The van der Waals surface area contributed by atoms with Gasteiger partial charge in [-0.15, -0.1) is 11.8 Å². The summed E-state index contributed by atoms with van der Waals surface area (Å²) in [6, 6.07) is 9.68. The number of nitrogens with zero attached hydrogens (tertiary/aromatic N) is 2. The second-order valence-corrected chi connectivity index (χ2v) is 6.75. The molecule has 112 valence electrons. The Morgan fingerprint density at radius 1 is 1.38 bits per heavy atom. The summed E-state index contributed by atoms with van der Waals surface area (Å²) in [6.07, 6.45) is 0.455. The van der Waals surface area contributed by atoms with Crippen molar-refractivity contribution >= 4 is 22.7 Å². The van der Waals surface area contributed by atoms with E-state index >= 15 is 0 Å². The average Bonchev–Trinajstić information content (AvgIpc) is 3.00. The second kappa shape index (κ2) is 6.20. The Morgan fingerprint density at radius 3 is 2.86 bits per heavy atom. The molecule has 3 unspecified atom stereocenters. The first kappa shape index (κ1) is 14.6. The van der Waals surface area contributed by atoms with Crippen LogP contribution in [0.25, 0.3) is 0 Å². The van der Waals surface area contributed by atoms with E-state index in [1.54, 1.807) is 16.7 Å². The Balaban J connectivity index is 1.68. The average molecular weight is 304 g/mol. The molecular formula is C16H20N2O2S. The van der Waals surface area contributed by atoms with Crippen molar-refractivity contribution in [1.29, 1.82) is 0 Å². The van der Waals surface area contributed by atoms with Gasteiger partial charge in [-0.25, -0.2) is 0 Å². The number of amides is 1. The van der Waals surface area contributed by atoms with Crippen molar-refractivity contribution in [2.45, 2.75) is 25.5 Å². The summed E-state index contributed by atoms with van der Waals surface area (Å²) in [5, 5.41) is 10.9. The fourth-order valence-electron chi connectivity index (χ4n) is 2.70. The number of carbonyl (C=O) groups excluding carboxylic acids is 1. The van der Waals surface area contributed by atoms with E-state index in [9.17, 15) is 9.90 Å². The number of benzene rings is 1. The third-order valence-corrected chi connectivity index (χ3v) is 5.28. The Hall–Kier alpha value is -1.33. The van der Waals surface area contributed by atoms with Gasteiger partial charge in [-0.2, -0.15) is 0 Å². The third-order valence-electron chi connectivity index (χ3n) is 4.19. The Bertz CT molecular complexity index is 546. The second-order valence-electron chi connectivity index (χ2n) is 5.74. The summed E-state index contributed by atoms with van der Waals surface area (Å²) in [5.41, 5.74) is 1.07. The molecule has 0 spiro atoms. The maximum Gasteiger partial charge on any atom is 0.248 e. The Morgan fingerprint density at radius 2 is 2.14 bits per heavy atom. The number of aliphatic hydroxyl groups excluding tert-OH is 1. The van der Waals surface area contributed by atoms with E-state index in [0.717, 1.165) is 23.6 Å². The highest BCUT2D eigenvalue weighted by Gasteiger charge is 2.33. The van der Waals surface area contributed by atoms with Crippen LogP contribution in [0.4, 0.5) is 0 Å². The van der Waals surface area contributed by atoms with E-state index in [2.05, 4.69) is 4.99 Å². The van der Waals surface area contributed by atoms with Crippen LogP contribution in [0.3, 0.4) is 0 Å². The van der Waals surface area contributed by atoms with Crippen molar-refractivity contribution in [2.75, 3.05) is 18.8 Å². The van der Waals surface area contributed by atoms with Crippen LogP contribution in [-0.2, 0) is 4.79 Å². The first-order chi connectivity index (χ1) is 10.1. The van der Waals surface area contributed by atoms with Gasteiger partial charge in [-0.3, -0.25) is 9.79 Å². The first-order valence-corrected chi connectivity index (χ1v) is 8.36. The molecule has 0 aliphatic carbocycles. The van der Waals surface area contributed by atoms with Crippen molar-refractivity contribution < 1.29 is 9.90 Å². The van der Waals surface area contributed by atoms with E-state index in [1.165, 1.54) is 0 Å². The quantitative estimate of drug-likeness (QED) is 0.906. The SMILES string of the molecule is CC1CCN(C(=O)C2CSC(c3ccccc3)=N2)CC1O. The van der Waals surface area contributed by atoms with Gasteiger partial charge in [0.05, 0.1) is 11.1 Å². The molecule has 3 atom stereocenters. The van der Waals surface area contributed by atoms with E-state index in [0.29, 0.717) is 12.3 Å². The molecule has 3 rings (SSSR count). The summed E-state index contributed by atoms with van der Waals surface area (Å²) in [5.74, 6) is 1.03. The van der Waals surface area contributed by atoms with Crippen molar-refractivity contribution in [2.24, 2.45) is 10.9 Å². The lowest BCUT2D eigenvalue weighted by Crippen LogP contribution is -2.49. The van der Waals surface area contributed by atoms with E-state index < -0.39 is 6.10 Å². The van der Waals surface area contributed by atoms with Gasteiger partial charge in [-0.05, 0) is 12.3 Å². The number of thioether (sulfide) groups is 1. The molecule has 1 fully saturated rings. The molecule has 0 aromatic heterocycles. The van der Waals surface area contributed by atoms with Crippen LogP contribution in [0, 0.1) is 5.92 Å². The molecule has 1 aromatic carbocycles. The summed E-state index contributed by atoms with van der Waals surface area (Å²) < 4.78 is 0. The molecule has 4 nitrogen and oxygen atoms in total. The molecule has 0 bridgehead atoms. The highest BCUT2D eigenvalue weighted by molar-refractivity contribution is 8.14. The van der Waals surface area contributed by atoms with Crippen LogP contribution in [0.2, 0.25) is 0 Å². The number of piperidine rings is 1. The topological polar surface area (TPSA) is 52.9 Å². The number of likely N-dealkylation sites (tertiary alicyclic amines) is 1. The third kappa shape index (κ3) is 3.14. The summed E-state index contributed by atoms with van der Waals surface area (Å²) in [6.45, 7) is 3.20. The molecule has 1 N–H and O–H groups in total. The highest BCUT2D eigenvalue weighted by atomic mass is 32.2. The molecule has 0 radical (unpaired) electrons. The van der Waals surface area contributed by atoms with Crippen LogP contribution in [0.5, 0.6) is 0 Å². The number of rotatable bonds is 2. The summed E-state index contributed by atoms with van der Waals surface area (Å²) >= 11 is 1.64. The van der Waals surface area contributed by atoms with Gasteiger partial charge >= 0.3 is 0 Å². The fourth-order valence-corrected chi connectivity index (χ4v) is 3.74. The van der Waals surface area contributed by atoms with Crippen molar-refractivity contribution in [1.82, 2.24) is 4.90 Å². The lowest BCUT2D eigenvalue weighted by atomic mass is 9.96. The minimum Gasteiger partial charge on any atom is -0.391 e. The molecule has 1 aromatic rings. The molecule has 0 saturated carbocycles. The lowest BCUT2D eigenvalue weighted by Gasteiger charge is -2.35. The number of carbonyl (C=O) groups is 1. The van der Waals surface area contributed by atoms with E-state index in [-0.39, 0.29) is 17.9 Å². The zero-order valence-corrected chi connectivity index (χ0v) is 12.9. The zero-order chi connectivity index (χ0) is 14.8. The maximum absolute atomic E-state index is 12.5. The molecule has 1 amide bonds. The number of hydrogen-bond acceptors (Lipinski definition) is 4. The van der Waals surface area contributed by atoms with Gasteiger partial charge in [0.1, 0.15) is 6.04 Å². The van der Waals surface area contributed by atoms with Crippen molar-refractivity contribution in [3.8, 4) is 0 Å². The normalized spacial score (nSPS) is 29.3. The van der Waals surface area contributed by atoms with Gasteiger partial charge in [0.2, 0.25) is 5.91 Å². The van der Waals surface area contributed by atoms with E-state index in [1.807, 2.05) is 37.3 Å². The minimum absolute atomic E-state index is 0.0550. The van der Waals surface area contributed by atoms with Crippen LogP contribution in [-0.4, -0.2) is 51.9 Å². The zero-order valence-electron chi connectivity index (χ0n) is 12.1. The number of hydrogen-bond donors (Lipinski definition) is 1. The fraction of sp³-hybridized carbons (Fsp3) is 0.500. The predicted octanol–water partition coefficient (Wildman–Crippen LogP) is 1.78. The Labute approximate surface area is 129 Å². The largest absolute Gasteiger partial charge is 0.391 e. The number of aliphatic imine (C=N–C) groups is 1. The molecule has 1 saturated heterocycles. The first-order valence-electron chi connectivity index (χ1n) is 7.38. The summed E-state index contributed by atoms with van der Waals surface area (Å²) in [4.78, 5) is 18.9. The van der Waals surface area contributed by atoms with Gasteiger partial charge in [0.15, 0.2) is 0 Å². The minimum atomic E-state index is -0.408. The number of β-amino-alcohol motifs (C(OH)–C–C–N with tert-alkyl or cyclic N) is 1. The number of aliphatic hydroxyl groups is 1. The molecule has 2 aliphatic rings. The van der Waals surface area contributed by atoms with Crippen molar-refractivity contribution in [3.63, 3.8) is 0 Å². The Kier molecular flexibility index (Phi) is 4.31. The van der Waals surface area contributed by atoms with E-state index in [4.69, 9.17) is 0 Å². The maximum atomic E-state index is 12.5. The van der Waals surface area contributed by atoms with Crippen molar-refractivity contribution in [3.05, 3.63) is 35.9 Å². The highest BCUT2D eigenvalue weighted by Crippen LogP contribution is 2.26. The van der Waals surface area contributed by atoms with Crippen LogP contribution in [0.1, 0.15) is 18.9 Å². The van der Waals surface area contributed by atoms with Gasteiger partial charge < -0.3 is 10.0 Å². The van der Waals surface area contributed by atoms with Gasteiger partial charge in [0.25, 0.3) is 0 Å². The molecule has 21 heavy (non-hydrogen) atoms. The standard InChI is InChI=1S/C16H20N2O2S/c1-11-7-8-18(9-14(11)19)16(20)13-10-21-15(17-13)12-5-3-2-4-6-12/h2-6,11,13-14,19H,7-10H2,1H3. The predicted molar refractivity (Wildman–Crippen MR) is 85.6 cm³/mol. The molecule has 2 heterocycles. The molecular weight excluding hydrogens is 284 g/mol. The van der Waals surface area contributed by atoms with Crippen LogP contribution < -0.4 is 0 Å². The summed E-state index contributed by atoms with van der Waals surface area (Å²) in [7, 11) is 0. The van der Waals surface area contributed by atoms with Gasteiger partial charge in [0, 0.05) is 24.4 Å². The molecule has 2 aliphatic heterocycles. The van der Waals surface area contributed by atoms with Crippen LogP contribution in [0.15, 0.2) is 35.3 Å².